The van der Waals surface area contributed by atoms with Crippen LogP contribution in [0.15, 0.2) is 42.5 Å². The highest BCUT2D eigenvalue weighted by Gasteiger charge is 2.21. The Morgan fingerprint density at radius 3 is 2.90 bits per heavy atom. The maximum absolute atomic E-state index is 13.8. The maximum Gasteiger partial charge on any atom is 0.129 e. The second-order valence-corrected chi connectivity index (χ2v) is 5.09. The van der Waals surface area contributed by atoms with Gasteiger partial charge in [-0.05, 0) is 36.1 Å². The van der Waals surface area contributed by atoms with Gasteiger partial charge in [0.05, 0.1) is 11.6 Å². The maximum atomic E-state index is 13.8. The van der Waals surface area contributed by atoms with E-state index in [0.29, 0.717) is 23.7 Å². The smallest absolute Gasteiger partial charge is 0.129 e. The van der Waals surface area contributed by atoms with Crippen molar-refractivity contribution in [1.82, 2.24) is 5.32 Å². The Morgan fingerprint density at radius 2 is 2.10 bits per heavy atom. The molecule has 1 unspecified atom stereocenters. The fourth-order valence-corrected chi connectivity index (χ4v) is 2.76. The Labute approximate surface area is 117 Å². The molecule has 0 bridgehead atoms. The zero-order valence-electron chi connectivity index (χ0n) is 11.1. The van der Waals surface area contributed by atoms with Crippen LogP contribution >= 0.6 is 0 Å². The molecule has 100 valence electrons. The van der Waals surface area contributed by atoms with E-state index in [1.54, 1.807) is 12.1 Å². The number of nitrogens with one attached hydrogen (secondary N) is 1. The fourth-order valence-electron chi connectivity index (χ4n) is 2.76. The van der Waals surface area contributed by atoms with Crippen molar-refractivity contribution in [3.05, 3.63) is 70.5 Å². The van der Waals surface area contributed by atoms with Crippen LogP contribution in [0.4, 0.5) is 4.39 Å². The van der Waals surface area contributed by atoms with Crippen LogP contribution < -0.4 is 5.32 Å². The van der Waals surface area contributed by atoms with Crippen LogP contribution in [0.1, 0.15) is 34.7 Å². The first-order valence-electron chi connectivity index (χ1n) is 6.77. The van der Waals surface area contributed by atoms with Gasteiger partial charge in [0, 0.05) is 18.2 Å². The van der Waals surface area contributed by atoms with Gasteiger partial charge >= 0.3 is 0 Å². The first-order valence-corrected chi connectivity index (χ1v) is 6.77. The highest BCUT2D eigenvalue weighted by atomic mass is 19.1. The molecule has 2 nitrogen and oxygen atoms in total. The molecule has 0 saturated carbocycles. The van der Waals surface area contributed by atoms with Crippen LogP contribution in [-0.4, -0.2) is 0 Å². The van der Waals surface area contributed by atoms with Gasteiger partial charge in [-0.3, -0.25) is 0 Å². The standard InChI is InChI=1S/C17H15FN2/c18-16-9-12(10-19)5-6-14(16)11-20-17-8-7-13-3-1-2-4-15(13)17/h1-6,9,17,20H,7-8,11H2. The molecule has 2 aromatic carbocycles. The van der Waals surface area contributed by atoms with Crippen molar-refractivity contribution in [2.45, 2.75) is 25.4 Å². The molecule has 20 heavy (non-hydrogen) atoms. The highest BCUT2D eigenvalue weighted by molar-refractivity contribution is 5.35. The lowest BCUT2D eigenvalue weighted by Crippen LogP contribution is -2.19. The number of halogens is 1. The number of rotatable bonds is 3. The summed E-state index contributed by atoms with van der Waals surface area (Å²) in [5, 5.41) is 12.1. The SMILES string of the molecule is N#Cc1ccc(CNC2CCc3ccccc32)c(F)c1. The average Bonchev–Trinajstić information content (AvgIpc) is 2.89. The Kier molecular flexibility index (Phi) is 3.49. The summed E-state index contributed by atoms with van der Waals surface area (Å²) in [4.78, 5) is 0. The number of aryl methyl sites for hydroxylation is 1. The molecule has 1 aliphatic rings. The summed E-state index contributed by atoms with van der Waals surface area (Å²) < 4.78 is 13.8. The van der Waals surface area contributed by atoms with Gasteiger partial charge in [0.25, 0.3) is 0 Å². The second kappa shape index (κ2) is 5.44. The van der Waals surface area contributed by atoms with Crippen LogP contribution in [0.25, 0.3) is 0 Å². The highest BCUT2D eigenvalue weighted by Crippen LogP contribution is 2.30. The molecule has 0 aromatic heterocycles. The second-order valence-electron chi connectivity index (χ2n) is 5.09. The molecule has 0 heterocycles. The first kappa shape index (κ1) is 12.8. The number of benzene rings is 2. The van der Waals surface area contributed by atoms with Crippen LogP contribution in [0, 0.1) is 17.1 Å². The number of nitrogens with zero attached hydrogens (tertiary/aromatic N) is 1. The third-order valence-corrected chi connectivity index (χ3v) is 3.85. The lowest BCUT2D eigenvalue weighted by molar-refractivity contribution is 0.513. The van der Waals surface area contributed by atoms with E-state index in [1.807, 2.05) is 12.1 Å². The third-order valence-electron chi connectivity index (χ3n) is 3.85. The average molecular weight is 266 g/mol. The summed E-state index contributed by atoms with van der Waals surface area (Å²) >= 11 is 0. The molecule has 0 aliphatic heterocycles. The van der Waals surface area contributed by atoms with Crippen molar-refractivity contribution in [2.24, 2.45) is 0 Å². The lowest BCUT2D eigenvalue weighted by Gasteiger charge is -2.14. The van der Waals surface area contributed by atoms with E-state index in [1.165, 1.54) is 17.2 Å². The largest absolute Gasteiger partial charge is 0.306 e. The summed E-state index contributed by atoms with van der Waals surface area (Å²) in [5.74, 6) is -0.317. The predicted octanol–water partition coefficient (Wildman–Crippen LogP) is 3.47. The zero-order valence-corrected chi connectivity index (χ0v) is 11.1. The van der Waals surface area contributed by atoms with Crippen LogP contribution in [0.3, 0.4) is 0 Å². The van der Waals surface area contributed by atoms with E-state index in [-0.39, 0.29) is 5.82 Å². The number of fused-ring (bicyclic) bond motifs is 1. The van der Waals surface area contributed by atoms with E-state index >= 15 is 0 Å². The van der Waals surface area contributed by atoms with Crippen molar-refractivity contribution < 1.29 is 4.39 Å². The molecule has 0 spiro atoms. The fraction of sp³-hybridized carbons (Fsp3) is 0.235. The number of nitriles is 1. The van der Waals surface area contributed by atoms with Gasteiger partial charge in [0.15, 0.2) is 0 Å². The number of hydrogen-bond donors (Lipinski definition) is 1. The summed E-state index contributed by atoms with van der Waals surface area (Å²) in [6.45, 7) is 0.483. The summed E-state index contributed by atoms with van der Waals surface area (Å²) in [7, 11) is 0. The first-order chi connectivity index (χ1) is 9.78. The van der Waals surface area contributed by atoms with E-state index < -0.39 is 0 Å². The zero-order chi connectivity index (χ0) is 13.9. The summed E-state index contributed by atoms with van der Waals surface area (Å²) in [6.07, 6.45) is 2.13. The lowest BCUT2D eigenvalue weighted by atomic mass is 10.1. The van der Waals surface area contributed by atoms with E-state index in [9.17, 15) is 4.39 Å². The van der Waals surface area contributed by atoms with Crippen molar-refractivity contribution in [3.63, 3.8) is 0 Å². The van der Waals surface area contributed by atoms with Gasteiger partial charge in [0.2, 0.25) is 0 Å². The minimum atomic E-state index is -0.317. The molecule has 1 aliphatic carbocycles. The van der Waals surface area contributed by atoms with Crippen molar-refractivity contribution >= 4 is 0 Å². The molecule has 2 aromatic rings. The minimum absolute atomic E-state index is 0.293. The van der Waals surface area contributed by atoms with E-state index in [2.05, 4.69) is 23.5 Å². The molecule has 1 N–H and O–H groups in total. The van der Waals surface area contributed by atoms with Crippen LogP contribution in [0.2, 0.25) is 0 Å². The predicted molar refractivity (Wildman–Crippen MR) is 75.5 cm³/mol. The Balaban J connectivity index is 1.71. The van der Waals surface area contributed by atoms with Gasteiger partial charge in [-0.25, -0.2) is 4.39 Å². The van der Waals surface area contributed by atoms with Gasteiger partial charge in [-0.1, -0.05) is 30.3 Å². The topological polar surface area (TPSA) is 35.8 Å². The quantitative estimate of drug-likeness (QED) is 0.923. The molecular weight excluding hydrogens is 251 g/mol. The van der Waals surface area contributed by atoms with Gasteiger partial charge in [-0.2, -0.15) is 5.26 Å². The molecule has 3 heteroatoms. The van der Waals surface area contributed by atoms with E-state index in [0.717, 1.165) is 12.8 Å². The summed E-state index contributed by atoms with van der Waals surface area (Å²) in [5.41, 5.74) is 3.66. The molecule has 3 rings (SSSR count). The van der Waals surface area contributed by atoms with Gasteiger partial charge in [-0.15, -0.1) is 0 Å². The Hall–Kier alpha value is -2.18. The molecule has 0 amide bonds. The van der Waals surface area contributed by atoms with Gasteiger partial charge < -0.3 is 5.32 Å². The van der Waals surface area contributed by atoms with Crippen LogP contribution in [-0.2, 0) is 13.0 Å². The number of hydrogen-bond acceptors (Lipinski definition) is 2. The van der Waals surface area contributed by atoms with Crippen molar-refractivity contribution in [3.8, 4) is 6.07 Å². The van der Waals surface area contributed by atoms with Crippen LogP contribution in [0.5, 0.6) is 0 Å². The van der Waals surface area contributed by atoms with E-state index in [4.69, 9.17) is 5.26 Å². The molecular formula is C17H15FN2. The Bertz CT molecular complexity index is 673. The Morgan fingerprint density at radius 1 is 1.25 bits per heavy atom. The molecule has 1 atom stereocenters. The molecule has 0 saturated heterocycles. The van der Waals surface area contributed by atoms with Crippen molar-refractivity contribution in [1.29, 1.82) is 5.26 Å². The summed E-state index contributed by atoms with van der Waals surface area (Å²) in [6, 6.07) is 15.3. The normalized spacial score (nSPS) is 16.7. The molecule has 0 fully saturated rings. The van der Waals surface area contributed by atoms with Gasteiger partial charge in [0.1, 0.15) is 5.82 Å². The molecule has 0 radical (unpaired) electrons. The van der Waals surface area contributed by atoms with Crippen molar-refractivity contribution in [2.75, 3.05) is 0 Å². The monoisotopic (exact) mass is 266 g/mol. The third kappa shape index (κ3) is 2.43. The minimum Gasteiger partial charge on any atom is -0.306 e.